The van der Waals surface area contributed by atoms with Crippen LogP contribution in [0.15, 0.2) is 53.4 Å². The number of ether oxygens (including phenoxy) is 1. The van der Waals surface area contributed by atoms with E-state index >= 15 is 0 Å². The van der Waals surface area contributed by atoms with E-state index in [1.807, 2.05) is 30.3 Å². The zero-order valence-corrected chi connectivity index (χ0v) is 20.0. The molecule has 3 rings (SSSR count). The van der Waals surface area contributed by atoms with Gasteiger partial charge in [0.15, 0.2) is 0 Å². The Morgan fingerprint density at radius 3 is 2.34 bits per heavy atom. The fourth-order valence-corrected chi connectivity index (χ4v) is 5.74. The molecule has 0 bridgehead atoms. The number of hydrogen-bond acceptors (Lipinski definition) is 4. The van der Waals surface area contributed by atoms with Crippen molar-refractivity contribution in [3.05, 3.63) is 59.1 Å². The highest BCUT2D eigenvalue weighted by molar-refractivity contribution is 7.89. The number of hydrogen-bond donors (Lipinski definition) is 1. The average molecular weight is 479 g/mol. The van der Waals surface area contributed by atoms with Crippen molar-refractivity contribution >= 4 is 27.5 Å². The predicted molar refractivity (Wildman–Crippen MR) is 126 cm³/mol. The molecule has 8 heteroatoms. The van der Waals surface area contributed by atoms with Crippen LogP contribution in [0.4, 0.5) is 0 Å². The van der Waals surface area contributed by atoms with Crippen molar-refractivity contribution in [2.75, 3.05) is 13.7 Å². The molecular formula is C24H31ClN2O4S. The second-order valence-electron chi connectivity index (χ2n) is 8.16. The SMILES string of the molecule is COc1ccc(S(=O)(=O)N(CC(=O)NC2CCCCCCC2)Cc2ccccc2)cc1Cl. The number of benzene rings is 2. The summed E-state index contributed by atoms with van der Waals surface area (Å²) in [5, 5.41) is 3.27. The largest absolute Gasteiger partial charge is 0.495 e. The Kier molecular flexibility index (Phi) is 8.96. The Hall–Kier alpha value is -2.09. The summed E-state index contributed by atoms with van der Waals surface area (Å²) in [4.78, 5) is 12.9. The summed E-state index contributed by atoms with van der Waals surface area (Å²) in [5.74, 6) is 0.108. The van der Waals surface area contributed by atoms with Crippen LogP contribution in [0.3, 0.4) is 0 Å². The molecule has 1 N–H and O–H groups in total. The third-order valence-electron chi connectivity index (χ3n) is 5.75. The number of halogens is 1. The van der Waals surface area contributed by atoms with E-state index in [4.69, 9.17) is 16.3 Å². The first kappa shape index (κ1) is 24.6. The Morgan fingerprint density at radius 1 is 1.06 bits per heavy atom. The highest BCUT2D eigenvalue weighted by atomic mass is 35.5. The van der Waals surface area contributed by atoms with Crippen LogP contribution in [-0.2, 0) is 21.4 Å². The topological polar surface area (TPSA) is 75.7 Å². The zero-order valence-electron chi connectivity index (χ0n) is 18.4. The third-order valence-corrected chi connectivity index (χ3v) is 7.84. The number of carbonyl (C=O) groups excluding carboxylic acids is 1. The maximum Gasteiger partial charge on any atom is 0.243 e. The van der Waals surface area contributed by atoms with Crippen molar-refractivity contribution in [1.29, 1.82) is 0 Å². The van der Waals surface area contributed by atoms with E-state index in [2.05, 4.69) is 5.32 Å². The smallest absolute Gasteiger partial charge is 0.243 e. The summed E-state index contributed by atoms with van der Waals surface area (Å²) in [6.45, 7) is -0.164. The molecule has 0 heterocycles. The average Bonchev–Trinajstić information content (AvgIpc) is 2.75. The molecule has 0 radical (unpaired) electrons. The number of sulfonamides is 1. The molecule has 0 unspecified atom stereocenters. The molecule has 2 aromatic carbocycles. The van der Waals surface area contributed by atoms with E-state index in [1.165, 1.54) is 48.9 Å². The fraction of sp³-hybridized carbons (Fsp3) is 0.458. The summed E-state index contributed by atoms with van der Waals surface area (Å²) in [5.41, 5.74) is 0.800. The lowest BCUT2D eigenvalue weighted by atomic mass is 9.97. The fourth-order valence-electron chi connectivity index (χ4n) is 4.00. The van der Waals surface area contributed by atoms with E-state index in [-0.39, 0.29) is 35.0 Å². The van der Waals surface area contributed by atoms with Gasteiger partial charge in [-0.05, 0) is 36.6 Å². The van der Waals surface area contributed by atoms with E-state index in [0.29, 0.717) is 5.75 Å². The number of amides is 1. The molecule has 32 heavy (non-hydrogen) atoms. The summed E-state index contributed by atoms with van der Waals surface area (Å²) in [7, 11) is -2.49. The van der Waals surface area contributed by atoms with Gasteiger partial charge in [-0.1, -0.05) is 74.0 Å². The summed E-state index contributed by atoms with van der Waals surface area (Å²) < 4.78 is 33.3. The second-order valence-corrected chi connectivity index (χ2v) is 10.5. The quantitative estimate of drug-likeness (QED) is 0.593. The molecule has 0 atom stereocenters. The lowest BCUT2D eigenvalue weighted by Gasteiger charge is -2.25. The summed E-state index contributed by atoms with van der Waals surface area (Å²) >= 11 is 6.18. The molecule has 1 fully saturated rings. The van der Waals surface area contributed by atoms with Gasteiger partial charge in [-0.3, -0.25) is 4.79 Å². The first-order valence-corrected chi connectivity index (χ1v) is 12.9. The Morgan fingerprint density at radius 2 is 1.72 bits per heavy atom. The third kappa shape index (κ3) is 6.70. The Labute approximate surface area is 196 Å². The normalized spacial score (nSPS) is 15.7. The van der Waals surface area contributed by atoms with Gasteiger partial charge in [0.2, 0.25) is 15.9 Å². The van der Waals surface area contributed by atoms with Gasteiger partial charge in [0.05, 0.1) is 23.6 Å². The standard InChI is InChI=1S/C24H31ClN2O4S/c1-31-23-15-14-21(16-22(23)25)32(29,30)27(17-19-10-6-5-7-11-19)18-24(28)26-20-12-8-3-2-4-9-13-20/h5-7,10-11,14-16,20H,2-4,8-9,12-13,17-18H2,1H3,(H,26,28). The number of carbonyl (C=O) groups is 1. The molecule has 1 aliphatic carbocycles. The first-order chi connectivity index (χ1) is 15.4. The first-order valence-electron chi connectivity index (χ1n) is 11.1. The zero-order chi connectivity index (χ0) is 23.0. The van der Waals surface area contributed by atoms with E-state index in [9.17, 15) is 13.2 Å². The second kappa shape index (κ2) is 11.7. The van der Waals surface area contributed by atoms with Crippen molar-refractivity contribution in [2.45, 2.75) is 62.4 Å². The van der Waals surface area contributed by atoms with Gasteiger partial charge < -0.3 is 10.1 Å². The van der Waals surface area contributed by atoms with Gasteiger partial charge in [-0.15, -0.1) is 0 Å². The van der Waals surface area contributed by atoms with Gasteiger partial charge in [0.1, 0.15) is 5.75 Å². The summed E-state index contributed by atoms with van der Waals surface area (Å²) in [6.07, 6.45) is 7.64. The molecule has 2 aromatic rings. The molecule has 174 valence electrons. The molecule has 0 saturated heterocycles. The predicted octanol–water partition coefficient (Wildman–Crippen LogP) is 4.77. The minimum atomic E-state index is -3.96. The van der Waals surface area contributed by atoms with Crippen LogP contribution < -0.4 is 10.1 Å². The lowest BCUT2D eigenvalue weighted by molar-refractivity contribution is -0.122. The van der Waals surface area contributed by atoms with E-state index < -0.39 is 10.0 Å². The monoisotopic (exact) mass is 478 g/mol. The van der Waals surface area contributed by atoms with E-state index in [1.54, 1.807) is 0 Å². The van der Waals surface area contributed by atoms with Crippen molar-refractivity contribution < 1.29 is 17.9 Å². The van der Waals surface area contributed by atoms with Crippen molar-refractivity contribution in [3.8, 4) is 5.75 Å². The van der Waals surface area contributed by atoms with Crippen LogP contribution in [0.5, 0.6) is 5.75 Å². The van der Waals surface area contributed by atoms with Gasteiger partial charge in [0.25, 0.3) is 0 Å². The molecule has 0 aliphatic heterocycles. The Bertz CT molecular complexity index is 990. The van der Waals surface area contributed by atoms with Crippen molar-refractivity contribution in [1.82, 2.24) is 9.62 Å². The van der Waals surface area contributed by atoms with Gasteiger partial charge >= 0.3 is 0 Å². The van der Waals surface area contributed by atoms with Crippen LogP contribution in [0.25, 0.3) is 0 Å². The lowest BCUT2D eigenvalue weighted by Crippen LogP contribution is -2.44. The minimum Gasteiger partial charge on any atom is -0.495 e. The van der Waals surface area contributed by atoms with Gasteiger partial charge in [-0.2, -0.15) is 4.31 Å². The number of nitrogens with zero attached hydrogens (tertiary/aromatic N) is 1. The molecule has 0 spiro atoms. The van der Waals surface area contributed by atoms with Crippen LogP contribution >= 0.6 is 11.6 Å². The molecule has 6 nitrogen and oxygen atoms in total. The molecular weight excluding hydrogens is 448 g/mol. The van der Waals surface area contributed by atoms with Crippen LogP contribution in [-0.4, -0.2) is 38.3 Å². The van der Waals surface area contributed by atoms with Crippen LogP contribution in [0, 0.1) is 0 Å². The van der Waals surface area contributed by atoms with Gasteiger partial charge in [-0.25, -0.2) is 8.42 Å². The van der Waals surface area contributed by atoms with Crippen molar-refractivity contribution in [2.24, 2.45) is 0 Å². The number of rotatable bonds is 8. The van der Waals surface area contributed by atoms with Crippen LogP contribution in [0.2, 0.25) is 5.02 Å². The molecule has 1 saturated carbocycles. The highest BCUT2D eigenvalue weighted by Crippen LogP contribution is 2.29. The maximum absolute atomic E-state index is 13.5. The highest BCUT2D eigenvalue weighted by Gasteiger charge is 2.28. The molecule has 1 aliphatic rings. The summed E-state index contributed by atoms with van der Waals surface area (Å²) in [6, 6.07) is 13.7. The Balaban J connectivity index is 1.81. The van der Waals surface area contributed by atoms with Gasteiger partial charge in [0, 0.05) is 12.6 Å². The number of nitrogens with one attached hydrogen (secondary N) is 1. The minimum absolute atomic E-state index is 0.0259. The van der Waals surface area contributed by atoms with Crippen molar-refractivity contribution in [3.63, 3.8) is 0 Å². The van der Waals surface area contributed by atoms with Crippen LogP contribution in [0.1, 0.15) is 50.5 Å². The number of methoxy groups -OCH3 is 1. The molecule has 0 aromatic heterocycles. The maximum atomic E-state index is 13.5. The van der Waals surface area contributed by atoms with E-state index in [0.717, 1.165) is 31.2 Å². The molecule has 1 amide bonds.